The van der Waals surface area contributed by atoms with Crippen molar-refractivity contribution >= 4 is 17.3 Å². The van der Waals surface area contributed by atoms with Crippen molar-refractivity contribution < 1.29 is 14.6 Å². The second-order valence-electron chi connectivity index (χ2n) is 6.31. The number of quaternary nitrogens is 1. The predicted octanol–water partition coefficient (Wildman–Crippen LogP) is 0.572. The van der Waals surface area contributed by atoms with Gasteiger partial charge < -0.3 is 15.1 Å². The van der Waals surface area contributed by atoms with E-state index in [0.29, 0.717) is 24.3 Å². The second kappa shape index (κ2) is 7.92. The number of carbonyl (C=O) groups is 1. The van der Waals surface area contributed by atoms with Crippen LogP contribution in [0.1, 0.15) is 15.9 Å². The molecule has 0 atom stereocenters. The van der Waals surface area contributed by atoms with Crippen molar-refractivity contribution in [1.82, 2.24) is 9.88 Å². The molecule has 1 aromatic carbocycles. The largest absolute Gasteiger partial charge is 0.383 e. The van der Waals surface area contributed by atoms with Gasteiger partial charge in [0.05, 0.1) is 31.1 Å². The topological polar surface area (TPSA) is 92.8 Å². The Labute approximate surface area is 151 Å². The van der Waals surface area contributed by atoms with Gasteiger partial charge in [-0.25, -0.2) is 0 Å². The van der Waals surface area contributed by atoms with Gasteiger partial charge in [0, 0.05) is 36.6 Å². The van der Waals surface area contributed by atoms with Crippen LogP contribution in [0.2, 0.25) is 0 Å². The highest BCUT2D eigenvalue weighted by molar-refractivity contribution is 5.95. The van der Waals surface area contributed by atoms with Crippen molar-refractivity contribution in [2.45, 2.75) is 6.54 Å². The highest BCUT2D eigenvalue weighted by Crippen LogP contribution is 2.25. The molecule has 136 valence electrons. The molecule has 8 heteroatoms. The molecule has 1 fully saturated rings. The Morgan fingerprint density at radius 1 is 1.27 bits per heavy atom. The van der Waals surface area contributed by atoms with E-state index >= 15 is 0 Å². The van der Waals surface area contributed by atoms with Gasteiger partial charge in [-0.15, -0.1) is 0 Å². The summed E-state index contributed by atoms with van der Waals surface area (Å²) in [7, 11) is 1.62. The zero-order valence-electron chi connectivity index (χ0n) is 14.6. The van der Waals surface area contributed by atoms with Crippen LogP contribution < -0.4 is 10.2 Å². The summed E-state index contributed by atoms with van der Waals surface area (Å²) in [6.45, 7) is 3.89. The summed E-state index contributed by atoms with van der Waals surface area (Å²) in [5.41, 5.74) is 1.90. The first-order chi connectivity index (χ1) is 12.6. The maximum Gasteiger partial charge on any atom is 0.293 e. The zero-order valence-corrected chi connectivity index (χ0v) is 14.6. The zero-order chi connectivity index (χ0) is 18.5. The number of carbonyl (C=O) groups excluding carboxylic acids is 1. The molecule has 0 aliphatic carbocycles. The lowest BCUT2D eigenvalue weighted by Crippen LogP contribution is -3.13. The molecule has 0 radical (unpaired) electrons. The van der Waals surface area contributed by atoms with E-state index in [1.54, 1.807) is 36.5 Å². The summed E-state index contributed by atoms with van der Waals surface area (Å²) in [4.78, 5) is 30.6. The Hall–Kier alpha value is -3.00. The number of rotatable bonds is 5. The molecule has 0 bridgehead atoms. The van der Waals surface area contributed by atoms with Gasteiger partial charge >= 0.3 is 0 Å². The monoisotopic (exact) mass is 356 g/mol. The smallest absolute Gasteiger partial charge is 0.293 e. The Bertz CT molecular complexity index is 789. The maximum absolute atomic E-state index is 12.7. The number of hydrogen-bond acceptors (Lipinski definition) is 5. The number of nitro benzene ring substituents is 1. The fourth-order valence-electron chi connectivity index (χ4n) is 3.20. The highest BCUT2D eigenvalue weighted by Gasteiger charge is 2.26. The van der Waals surface area contributed by atoms with Crippen LogP contribution in [-0.4, -0.2) is 53.9 Å². The van der Waals surface area contributed by atoms with Crippen molar-refractivity contribution in [1.29, 1.82) is 0 Å². The van der Waals surface area contributed by atoms with Gasteiger partial charge in [-0.05, 0) is 24.3 Å². The summed E-state index contributed by atoms with van der Waals surface area (Å²) in [5.74, 6) is -0.154. The number of piperazine rings is 1. The molecular formula is C18H22N5O3+. The standard InChI is InChI=1S/C18H21N5O3/c1-19-16-3-2-15(12-17(16)23(25)26)18(24)22-10-8-21(9-11-22)13-14-4-6-20-7-5-14/h2-7,12,19H,8-11,13H2,1H3/p+1. The van der Waals surface area contributed by atoms with Crippen molar-refractivity contribution in [3.8, 4) is 0 Å². The Morgan fingerprint density at radius 2 is 1.96 bits per heavy atom. The van der Waals surface area contributed by atoms with E-state index in [4.69, 9.17) is 0 Å². The van der Waals surface area contributed by atoms with Gasteiger partial charge in [-0.1, -0.05) is 0 Å². The molecule has 0 spiro atoms. The number of anilines is 1. The van der Waals surface area contributed by atoms with E-state index in [2.05, 4.69) is 10.3 Å². The van der Waals surface area contributed by atoms with Crippen LogP contribution in [0, 0.1) is 10.1 Å². The first-order valence-electron chi connectivity index (χ1n) is 8.56. The predicted molar refractivity (Wildman–Crippen MR) is 97.2 cm³/mol. The van der Waals surface area contributed by atoms with Gasteiger partial charge in [0.1, 0.15) is 12.2 Å². The van der Waals surface area contributed by atoms with E-state index in [0.717, 1.165) is 19.6 Å². The molecule has 8 nitrogen and oxygen atoms in total. The van der Waals surface area contributed by atoms with Crippen molar-refractivity contribution in [2.24, 2.45) is 0 Å². The fraction of sp³-hybridized carbons (Fsp3) is 0.333. The third-order valence-electron chi connectivity index (χ3n) is 4.67. The van der Waals surface area contributed by atoms with Gasteiger partial charge in [-0.3, -0.25) is 19.9 Å². The van der Waals surface area contributed by atoms with E-state index in [-0.39, 0.29) is 11.6 Å². The number of aromatic nitrogens is 1. The van der Waals surface area contributed by atoms with E-state index in [1.165, 1.54) is 16.5 Å². The number of nitrogens with zero attached hydrogens (tertiary/aromatic N) is 3. The van der Waals surface area contributed by atoms with Gasteiger partial charge in [0.25, 0.3) is 11.6 Å². The van der Waals surface area contributed by atoms with Crippen LogP contribution >= 0.6 is 0 Å². The number of pyridine rings is 1. The molecule has 1 aliphatic rings. The number of nitro groups is 1. The Kier molecular flexibility index (Phi) is 5.43. The minimum atomic E-state index is -0.473. The second-order valence-corrected chi connectivity index (χ2v) is 6.31. The third-order valence-corrected chi connectivity index (χ3v) is 4.67. The lowest BCUT2D eigenvalue weighted by Gasteiger charge is -2.32. The third kappa shape index (κ3) is 3.97. The molecule has 2 aromatic rings. The summed E-state index contributed by atoms with van der Waals surface area (Å²) in [6, 6.07) is 8.58. The van der Waals surface area contributed by atoms with Crippen LogP contribution in [0.25, 0.3) is 0 Å². The Balaban J connectivity index is 1.63. The maximum atomic E-state index is 12.7. The highest BCUT2D eigenvalue weighted by atomic mass is 16.6. The van der Waals surface area contributed by atoms with Gasteiger partial charge in [0.2, 0.25) is 0 Å². The van der Waals surface area contributed by atoms with Gasteiger partial charge in [0.15, 0.2) is 0 Å². The molecule has 2 N–H and O–H groups in total. The van der Waals surface area contributed by atoms with E-state index in [9.17, 15) is 14.9 Å². The average molecular weight is 356 g/mol. The number of amides is 1. The molecule has 1 aromatic heterocycles. The molecule has 0 saturated carbocycles. The number of benzene rings is 1. The Morgan fingerprint density at radius 3 is 2.58 bits per heavy atom. The normalized spacial score (nSPS) is 14.9. The summed E-state index contributed by atoms with van der Waals surface area (Å²) >= 11 is 0. The summed E-state index contributed by atoms with van der Waals surface area (Å²) in [5, 5.41) is 14.0. The molecule has 1 aliphatic heterocycles. The van der Waals surface area contributed by atoms with Crippen molar-refractivity contribution in [3.05, 3.63) is 64.0 Å². The molecule has 2 heterocycles. The quantitative estimate of drug-likeness (QED) is 0.604. The summed E-state index contributed by atoms with van der Waals surface area (Å²) < 4.78 is 0. The van der Waals surface area contributed by atoms with Gasteiger partial charge in [-0.2, -0.15) is 0 Å². The SMILES string of the molecule is CNc1ccc(C(=O)N2CC[NH+](Cc3ccncc3)CC2)cc1[N+](=O)[O-]. The van der Waals surface area contributed by atoms with Crippen LogP contribution in [0.5, 0.6) is 0 Å². The molecule has 0 unspecified atom stereocenters. The first-order valence-corrected chi connectivity index (χ1v) is 8.56. The molecular weight excluding hydrogens is 334 g/mol. The van der Waals surface area contributed by atoms with E-state index in [1.807, 2.05) is 12.1 Å². The first kappa shape index (κ1) is 17.8. The number of hydrogen-bond donors (Lipinski definition) is 2. The lowest BCUT2D eigenvalue weighted by atomic mass is 10.1. The average Bonchev–Trinajstić information content (AvgIpc) is 2.68. The molecule has 1 saturated heterocycles. The molecule has 1 amide bonds. The lowest BCUT2D eigenvalue weighted by molar-refractivity contribution is -0.917. The number of nitrogens with one attached hydrogen (secondary N) is 2. The van der Waals surface area contributed by atoms with E-state index < -0.39 is 4.92 Å². The molecule has 3 rings (SSSR count). The van der Waals surface area contributed by atoms with Crippen LogP contribution in [-0.2, 0) is 6.54 Å². The molecule has 26 heavy (non-hydrogen) atoms. The summed E-state index contributed by atoms with van der Waals surface area (Å²) in [6.07, 6.45) is 3.58. The van der Waals surface area contributed by atoms with Crippen LogP contribution in [0.4, 0.5) is 11.4 Å². The fourth-order valence-corrected chi connectivity index (χ4v) is 3.20. The minimum absolute atomic E-state index is 0.0831. The van der Waals surface area contributed by atoms with Crippen molar-refractivity contribution in [2.75, 3.05) is 38.5 Å². The van der Waals surface area contributed by atoms with Crippen molar-refractivity contribution in [3.63, 3.8) is 0 Å². The van der Waals surface area contributed by atoms with Crippen LogP contribution in [0.3, 0.4) is 0 Å². The minimum Gasteiger partial charge on any atom is -0.383 e. The van der Waals surface area contributed by atoms with Crippen LogP contribution in [0.15, 0.2) is 42.7 Å².